The van der Waals surface area contributed by atoms with Gasteiger partial charge in [-0.05, 0) is 80.0 Å². The van der Waals surface area contributed by atoms with Crippen LogP contribution in [0.3, 0.4) is 0 Å². The van der Waals surface area contributed by atoms with Crippen molar-refractivity contribution in [3.05, 3.63) is 0 Å². The number of aliphatic hydroxyl groups excluding tert-OH is 2. The molecule has 0 heterocycles. The molecule has 0 aromatic carbocycles. The van der Waals surface area contributed by atoms with E-state index in [1.807, 2.05) is 0 Å². The summed E-state index contributed by atoms with van der Waals surface area (Å²) in [5.74, 6) is 2.41. The van der Waals surface area contributed by atoms with Crippen LogP contribution in [0.2, 0.25) is 0 Å². The molecule has 110 valence electrons. The van der Waals surface area contributed by atoms with Gasteiger partial charge in [-0.2, -0.15) is 0 Å². The number of hydrogen-bond acceptors (Lipinski definition) is 2. The lowest BCUT2D eigenvalue weighted by Crippen LogP contribution is -2.51. The van der Waals surface area contributed by atoms with Crippen molar-refractivity contribution in [2.75, 3.05) is 6.61 Å². The van der Waals surface area contributed by atoms with Crippen LogP contribution in [0.5, 0.6) is 0 Å². The summed E-state index contributed by atoms with van der Waals surface area (Å²) in [6.45, 7) is 5.12. The first-order chi connectivity index (χ1) is 8.97. The van der Waals surface area contributed by atoms with Crippen LogP contribution in [-0.2, 0) is 0 Å². The van der Waals surface area contributed by atoms with Crippen LogP contribution in [0.1, 0.15) is 65.2 Å². The first kappa shape index (κ1) is 13.9. The Morgan fingerprint density at radius 3 is 2.58 bits per heavy atom. The monoisotopic (exact) mass is 266 g/mol. The molecule has 2 nitrogen and oxygen atoms in total. The summed E-state index contributed by atoms with van der Waals surface area (Å²) in [5, 5.41) is 19.6. The van der Waals surface area contributed by atoms with Gasteiger partial charge in [0.05, 0.1) is 6.10 Å². The van der Waals surface area contributed by atoms with Crippen LogP contribution in [0, 0.1) is 28.6 Å². The zero-order chi connectivity index (χ0) is 13.7. The van der Waals surface area contributed by atoms with Gasteiger partial charge < -0.3 is 10.2 Å². The van der Waals surface area contributed by atoms with Gasteiger partial charge >= 0.3 is 0 Å². The molecule has 3 saturated carbocycles. The van der Waals surface area contributed by atoms with Crippen LogP contribution >= 0.6 is 0 Å². The molecular weight excluding hydrogens is 236 g/mol. The highest BCUT2D eigenvalue weighted by atomic mass is 16.3. The Bertz CT molecular complexity index is 342. The third kappa shape index (κ3) is 2.25. The van der Waals surface area contributed by atoms with Crippen LogP contribution < -0.4 is 0 Å². The van der Waals surface area contributed by atoms with Crippen molar-refractivity contribution >= 4 is 0 Å². The molecule has 3 aliphatic carbocycles. The van der Waals surface area contributed by atoms with Gasteiger partial charge in [0.2, 0.25) is 0 Å². The van der Waals surface area contributed by atoms with E-state index >= 15 is 0 Å². The molecule has 6 atom stereocenters. The Kier molecular flexibility index (Phi) is 3.46. The second-order valence-electron chi connectivity index (χ2n) is 8.29. The lowest BCUT2D eigenvalue weighted by molar-refractivity contribution is -0.107. The minimum atomic E-state index is -0.0408. The van der Waals surface area contributed by atoms with E-state index in [-0.39, 0.29) is 11.5 Å². The third-order valence-electron chi connectivity index (χ3n) is 7.00. The highest BCUT2D eigenvalue weighted by Crippen LogP contribution is 2.61. The Morgan fingerprint density at radius 1 is 1.05 bits per heavy atom. The van der Waals surface area contributed by atoms with E-state index in [4.69, 9.17) is 0 Å². The van der Waals surface area contributed by atoms with Gasteiger partial charge in [-0.3, -0.25) is 0 Å². The van der Waals surface area contributed by atoms with Crippen molar-refractivity contribution in [1.82, 2.24) is 0 Å². The van der Waals surface area contributed by atoms with Gasteiger partial charge in [-0.1, -0.05) is 13.8 Å². The van der Waals surface area contributed by atoms with Gasteiger partial charge in [-0.25, -0.2) is 0 Å². The highest BCUT2D eigenvalue weighted by Gasteiger charge is 2.53. The van der Waals surface area contributed by atoms with E-state index in [2.05, 4.69) is 13.8 Å². The number of fused-ring (bicyclic) bond motifs is 3. The van der Waals surface area contributed by atoms with Crippen LogP contribution in [-0.4, -0.2) is 22.9 Å². The van der Waals surface area contributed by atoms with E-state index in [9.17, 15) is 10.2 Å². The molecule has 0 aliphatic heterocycles. The molecule has 0 amide bonds. The second-order valence-corrected chi connectivity index (χ2v) is 8.29. The lowest BCUT2D eigenvalue weighted by Gasteiger charge is -2.58. The molecule has 0 bridgehead atoms. The maximum atomic E-state index is 9.95. The predicted octanol–water partition coefficient (Wildman–Crippen LogP) is 3.36. The smallest absolute Gasteiger partial charge is 0.0543 e. The van der Waals surface area contributed by atoms with Gasteiger partial charge in [-0.15, -0.1) is 0 Å². The predicted molar refractivity (Wildman–Crippen MR) is 76.7 cm³/mol. The third-order valence-corrected chi connectivity index (χ3v) is 7.00. The summed E-state index contributed by atoms with van der Waals surface area (Å²) >= 11 is 0. The highest BCUT2D eigenvalue weighted by molar-refractivity contribution is 5.03. The van der Waals surface area contributed by atoms with Gasteiger partial charge in [0, 0.05) is 6.61 Å². The van der Waals surface area contributed by atoms with E-state index in [0.717, 1.165) is 30.6 Å². The summed E-state index contributed by atoms with van der Waals surface area (Å²) in [6, 6.07) is 0. The average Bonchev–Trinajstić information content (AvgIpc) is 2.39. The molecular formula is C17H30O2. The van der Waals surface area contributed by atoms with Crippen molar-refractivity contribution in [2.24, 2.45) is 28.6 Å². The summed E-state index contributed by atoms with van der Waals surface area (Å²) < 4.78 is 0. The molecule has 2 heteroatoms. The molecule has 0 saturated heterocycles. The maximum absolute atomic E-state index is 9.95. The fourth-order valence-corrected chi connectivity index (χ4v) is 5.68. The average molecular weight is 266 g/mol. The largest absolute Gasteiger partial charge is 0.396 e. The van der Waals surface area contributed by atoms with Crippen molar-refractivity contribution in [2.45, 2.75) is 71.3 Å². The Balaban J connectivity index is 1.78. The molecule has 0 spiro atoms. The van der Waals surface area contributed by atoms with E-state index in [0.29, 0.717) is 12.0 Å². The van der Waals surface area contributed by atoms with Crippen molar-refractivity contribution in [3.63, 3.8) is 0 Å². The van der Waals surface area contributed by atoms with Crippen LogP contribution in [0.4, 0.5) is 0 Å². The summed E-state index contributed by atoms with van der Waals surface area (Å²) in [6.07, 6.45) is 9.56. The Labute approximate surface area is 117 Å². The van der Waals surface area contributed by atoms with Crippen LogP contribution in [0.25, 0.3) is 0 Å². The fraction of sp³-hybridized carbons (Fsp3) is 1.00. The molecule has 2 N–H and O–H groups in total. The van der Waals surface area contributed by atoms with Gasteiger partial charge in [0.1, 0.15) is 0 Å². The number of rotatable bonds is 1. The van der Waals surface area contributed by atoms with E-state index in [1.54, 1.807) is 0 Å². The lowest BCUT2D eigenvalue weighted by atomic mass is 9.47. The molecule has 3 rings (SSSR count). The fourth-order valence-electron chi connectivity index (χ4n) is 5.68. The van der Waals surface area contributed by atoms with Crippen LogP contribution in [0.15, 0.2) is 0 Å². The Morgan fingerprint density at radius 2 is 1.84 bits per heavy atom. The molecule has 0 aromatic heterocycles. The molecule has 0 aromatic rings. The number of aliphatic hydroxyl groups is 2. The van der Waals surface area contributed by atoms with Crippen molar-refractivity contribution < 1.29 is 10.2 Å². The first-order valence-corrected chi connectivity index (χ1v) is 8.26. The summed E-state index contributed by atoms with van der Waals surface area (Å²) in [5.41, 5.74) is 0.650. The first-order valence-electron chi connectivity index (χ1n) is 8.26. The minimum absolute atomic E-state index is 0.0408. The minimum Gasteiger partial charge on any atom is -0.396 e. The zero-order valence-corrected chi connectivity index (χ0v) is 12.6. The topological polar surface area (TPSA) is 40.5 Å². The van der Waals surface area contributed by atoms with Gasteiger partial charge in [0.15, 0.2) is 0 Å². The molecule has 19 heavy (non-hydrogen) atoms. The standard InChI is InChI=1S/C17H30O2/c1-16(11-18)7-6-15-12(10-16)3-4-13-9-14(19)5-8-17(13,15)2/h12-15,18-19H,3-11H2,1-2H3/t12-,13+,14-,15-,16-,17-/m0/s1. The van der Waals surface area contributed by atoms with Crippen molar-refractivity contribution in [3.8, 4) is 0 Å². The quantitative estimate of drug-likeness (QED) is 0.764. The van der Waals surface area contributed by atoms with Crippen molar-refractivity contribution in [1.29, 1.82) is 0 Å². The van der Waals surface area contributed by atoms with E-state index in [1.165, 1.54) is 38.5 Å². The normalized spacial score (nSPS) is 54.3. The second kappa shape index (κ2) is 4.73. The molecule has 3 fully saturated rings. The molecule has 0 unspecified atom stereocenters. The SMILES string of the molecule is C[C@]1(CO)CC[C@H]2[C@@H](CC[C@@H]3C[C@@H](O)CC[C@@]32C)C1. The maximum Gasteiger partial charge on any atom is 0.0543 e. The molecule has 3 aliphatic rings. The Hall–Kier alpha value is -0.0800. The molecule has 0 radical (unpaired) electrons. The summed E-state index contributed by atoms with van der Waals surface area (Å²) in [4.78, 5) is 0. The summed E-state index contributed by atoms with van der Waals surface area (Å²) in [7, 11) is 0. The zero-order valence-electron chi connectivity index (χ0n) is 12.6. The van der Waals surface area contributed by atoms with Gasteiger partial charge in [0.25, 0.3) is 0 Å². The number of hydrogen-bond donors (Lipinski definition) is 2. The van der Waals surface area contributed by atoms with E-state index < -0.39 is 0 Å².